The van der Waals surface area contributed by atoms with Gasteiger partial charge < -0.3 is 13.3 Å². The first-order valence-electron chi connectivity index (χ1n) is 6.49. The van der Waals surface area contributed by atoms with E-state index in [1.165, 1.54) is 25.3 Å². The minimum atomic E-state index is -1.95. The van der Waals surface area contributed by atoms with Crippen molar-refractivity contribution in [2.24, 2.45) is 0 Å². The number of aliphatic hydroxyl groups excluding tert-OH is 1. The van der Waals surface area contributed by atoms with Crippen LogP contribution < -0.4 is 0 Å². The molecule has 1 N–H and O–H groups in total. The maximum atomic E-state index is 8.68. The Kier molecular flexibility index (Phi) is 8.87. The van der Waals surface area contributed by atoms with Crippen LogP contribution in [0.2, 0.25) is 32.2 Å². The van der Waals surface area contributed by atoms with Crippen molar-refractivity contribution >= 4 is 27.4 Å². The van der Waals surface area contributed by atoms with E-state index < -0.39 is 16.9 Å². The van der Waals surface area contributed by atoms with Crippen molar-refractivity contribution in [1.82, 2.24) is 0 Å². The van der Waals surface area contributed by atoms with Crippen LogP contribution >= 0.6 is 0 Å². The summed E-state index contributed by atoms with van der Waals surface area (Å²) in [4.78, 5) is 0. The van der Waals surface area contributed by atoms with E-state index in [4.69, 9.17) is 13.3 Å². The van der Waals surface area contributed by atoms with Gasteiger partial charge in [0.15, 0.2) is 8.32 Å². The number of aliphatic hydroxyl groups is 1. The normalized spacial score (nSPS) is 13.1. The lowest BCUT2D eigenvalue weighted by Crippen LogP contribution is -2.46. The van der Waals surface area contributed by atoms with Gasteiger partial charge in [0.1, 0.15) is 0 Å². The van der Waals surface area contributed by atoms with Crippen LogP contribution in [0.25, 0.3) is 0 Å². The lowest BCUT2D eigenvalue weighted by atomic mass is 10.2. The zero-order valence-electron chi connectivity index (χ0n) is 11.7. The molecule has 0 aromatic rings. The topological polar surface area (TPSA) is 38.7 Å². The van der Waals surface area contributed by atoms with Gasteiger partial charge in [-0.3, -0.25) is 0 Å². The van der Waals surface area contributed by atoms with E-state index in [1.54, 1.807) is 0 Å². The first kappa shape index (κ1) is 17.5. The summed E-state index contributed by atoms with van der Waals surface area (Å²) in [6.45, 7) is 8.99. The monoisotopic (exact) mass is 291 g/mol. The summed E-state index contributed by atoms with van der Waals surface area (Å²) in [5.41, 5.74) is 0. The zero-order chi connectivity index (χ0) is 13.4. The van der Waals surface area contributed by atoms with Crippen molar-refractivity contribution in [3.8, 4) is 0 Å². The molecule has 0 spiro atoms. The number of hydrogen-bond acceptors (Lipinski definition) is 3. The molecule has 0 aliphatic carbocycles. The summed E-state index contributed by atoms with van der Waals surface area (Å²) < 4.78 is 11.4. The molecule has 3 radical (unpaired) electrons. The molecule has 0 fully saturated rings. The summed E-state index contributed by atoms with van der Waals surface area (Å²) in [6.07, 6.45) is 5.78. The van der Waals surface area contributed by atoms with Gasteiger partial charge in [0.05, 0.1) is 0 Å². The SMILES string of the molecule is C[Si](C)(CCCCCCCO)O[Si](C)(C)O[Si]. The van der Waals surface area contributed by atoms with Gasteiger partial charge in [0, 0.05) is 6.61 Å². The van der Waals surface area contributed by atoms with Crippen molar-refractivity contribution in [3.63, 3.8) is 0 Å². The van der Waals surface area contributed by atoms with Gasteiger partial charge in [-0.15, -0.1) is 0 Å². The first-order valence-corrected chi connectivity index (χ1v) is 12.8. The molecule has 0 unspecified atom stereocenters. The standard InChI is InChI=1S/C11H27O3Si3/c1-16(2,14-17(3,4)13-15)11-9-7-5-6-8-10-12/h12H,5-11H2,1-4H3. The molecule has 101 valence electrons. The van der Waals surface area contributed by atoms with Crippen molar-refractivity contribution in [2.75, 3.05) is 6.61 Å². The van der Waals surface area contributed by atoms with Crippen molar-refractivity contribution in [3.05, 3.63) is 0 Å². The number of hydrogen-bond donors (Lipinski definition) is 1. The lowest BCUT2D eigenvalue weighted by molar-refractivity contribution is 0.282. The van der Waals surface area contributed by atoms with Crippen LogP contribution in [0.15, 0.2) is 0 Å². The first-order chi connectivity index (χ1) is 7.83. The highest BCUT2D eigenvalue weighted by atomic mass is 28.5. The molecule has 0 aliphatic rings. The van der Waals surface area contributed by atoms with Crippen LogP contribution in [-0.2, 0) is 8.23 Å². The summed E-state index contributed by atoms with van der Waals surface area (Å²) in [7, 11) is -0.406. The fourth-order valence-electron chi connectivity index (χ4n) is 1.93. The Labute approximate surface area is 112 Å². The largest absolute Gasteiger partial charge is 0.437 e. The van der Waals surface area contributed by atoms with Crippen LogP contribution in [0.5, 0.6) is 0 Å². The maximum Gasteiger partial charge on any atom is 0.310 e. The molecule has 17 heavy (non-hydrogen) atoms. The van der Waals surface area contributed by atoms with Gasteiger partial charge in [0.25, 0.3) is 0 Å². The Morgan fingerprint density at radius 2 is 1.47 bits per heavy atom. The van der Waals surface area contributed by atoms with Gasteiger partial charge in [-0.05, 0) is 38.7 Å². The lowest BCUT2D eigenvalue weighted by Gasteiger charge is -2.32. The Morgan fingerprint density at radius 1 is 0.941 bits per heavy atom. The second-order valence-corrected chi connectivity index (χ2v) is 14.1. The van der Waals surface area contributed by atoms with Gasteiger partial charge in [-0.1, -0.05) is 25.7 Å². The molecule has 6 heteroatoms. The average molecular weight is 292 g/mol. The predicted molar refractivity (Wildman–Crippen MR) is 77.9 cm³/mol. The highest BCUT2D eigenvalue weighted by molar-refractivity contribution is 6.83. The molecule has 0 heterocycles. The Bertz CT molecular complexity index is 198. The van der Waals surface area contributed by atoms with Crippen molar-refractivity contribution < 1.29 is 13.3 Å². The summed E-state index contributed by atoms with van der Waals surface area (Å²) in [5.74, 6) is 0. The smallest absolute Gasteiger partial charge is 0.310 e. The van der Waals surface area contributed by atoms with E-state index in [9.17, 15) is 0 Å². The predicted octanol–water partition coefficient (Wildman–Crippen LogP) is 2.95. The molecule has 0 rings (SSSR count). The molecule has 0 aromatic heterocycles. The molecule has 0 atom stereocenters. The molecule has 0 saturated carbocycles. The zero-order valence-corrected chi connectivity index (χ0v) is 14.7. The summed E-state index contributed by atoms with van der Waals surface area (Å²) in [5, 5.41) is 8.68. The molecule has 0 aliphatic heterocycles. The molecular formula is C11H27O3Si3. The van der Waals surface area contributed by atoms with E-state index >= 15 is 0 Å². The van der Waals surface area contributed by atoms with Crippen LogP contribution in [0.1, 0.15) is 32.1 Å². The number of rotatable bonds is 10. The quantitative estimate of drug-likeness (QED) is 0.497. The van der Waals surface area contributed by atoms with Crippen LogP contribution in [0, 0.1) is 0 Å². The molecule has 0 aromatic carbocycles. The van der Waals surface area contributed by atoms with Gasteiger partial charge in [0.2, 0.25) is 10.5 Å². The van der Waals surface area contributed by atoms with E-state index in [1.807, 2.05) is 0 Å². The molecule has 0 amide bonds. The molecular weight excluding hydrogens is 264 g/mol. The highest BCUT2D eigenvalue weighted by Gasteiger charge is 2.32. The second-order valence-electron chi connectivity index (χ2n) is 5.61. The Morgan fingerprint density at radius 3 is 2.00 bits per heavy atom. The van der Waals surface area contributed by atoms with E-state index in [0.29, 0.717) is 6.61 Å². The average Bonchev–Trinajstić information content (AvgIpc) is 2.22. The fraction of sp³-hybridized carbons (Fsp3) is 1.00. The highest BCUT2D eigenvalue weighted by Crippen LogP contribution is 2.21. The Hall–Kier alpha value is 0.531. The number of unbranched alkanes of at least 4 members (excludes halogenated alkanes) is 4. The molecule has 0 bridgehead atoms. The van der Waals surface area contributed by atoms with Crippen LogP contribution in [0.3, 0.4) is 0 Å². The summed E-state index contributed by atoms with van der Waals surface area (Å²) >= 11 is 0. The van der Waals surface area contributed by atoms with Crippen molar-refractivity contribution in [2.45, 2.75) is 64.3 Å². The molecule has 0 saturated heterocycles. The molecule has 3 nitrogen and oxygen atoms in total. The maximum absolute atomic E-state index is 8.68. The third kappa shape index (κ3) is 10.2. The van der Waals surface area contributed by atoms with E-state index in [-0.39, 0.29) is 0 Å². The third-order valence-electron chi connectivity index (χ3n) is 2.70. The minimum absolute atomic E-state index is 0.325. The second kappa shape index (κ2) is 8.60. The Balaban J connectivity index is 3.71. The van der Waals surface area contributed by atoms with Crippen LogP contribution in [-0.4, -0.2) is 39.1 Å². The van der Waals surface area contributed by atoms with E-state index in [0.717, 1.165) is 12.8 Å². The fourth-order valence-corrected chi connectivity index (χ4v) is 9.30. The van der Waals surface area contributed by atoms with Crippen LogP contribution in [0.4, 0.5) is 0 Å². The van der Waals surface area contributed by atoms with Gasteiger partial charge in [-0.2, -0.15) is 0 Å². The summed E-state index contributed by atoms with van der Waals surface area (Å²) in [6, 6.07) is 1.19. The van der Waals surface area contributed by atoms with E-state index in [2.05, 4.69) is 36.7 Å². The van der Waals surface area contributed by atoms with Gasteiger partial charge in [-0.25, -0.2) is 0 Å². The third-order valence-corrected chi connectivity index (χ3v) is 10.4. The van der Waals surface area contributed by atoms with Crippen molar-refractivity contribution in [1.29, 1.82) is 0 Å². The minimum Gasteiger partial charge on any atom is -0.437 e. The van der Waals surface area contributed by atoms with Gasteiger partial charge >= 0.3 is 8.56 Å².